The largest absolute Gasteiger partial charge is 0.339 e. The van der Waals surface area contributed by atoms with Crippen LogP contribution in [0.5, 0.6) is 0 Å². The average molecular weight is 245 g/mol. The molecule has 2 atom stereocenters. The van der Waals surface area contributed by atoms with Crippen molar-refractivity contribution >= 4 is 11.6 Å². The van der Waals surface area contributed by atoms with Gasteiger partial charge in [-0.2, -0.15) is 4.98 Å². The van der Waals surface area contributed by atoms with Crippen molar-refractivity contribution in [3.8, 4) is 0 Å². The predicted octanol–water partition coefficient (Wildman–Crippen LogP) is 3.98. The molecule has 0 aliphatic rings. The molecule has 0 aromatic carbocycles. The number of nitrogens with zero attached hydrogens (tertiary/aromatic N) is 2. The van der Waals surface area contributed by atoms with Crippen molar-refractivity contribution in [3.63, 3.8) is 0 Å². The van der Waals surface area contributed by atoms with Crippen molar-refractivity contribution in [2.24, 2.45) is 11.3 Å². The molecule has 0 radical (unpaired) electrons. The molecule has 0 aliphatic carbocycles. The number of alkyl halides is 1. The molecule has 0 fully saturated rings. The van der Waals surface area contributed by atoms with Gasteiger partial charge in [0.1, 0.15) is 0 Å². The Hall–Kier alpha value is -0.570. The molecule has 0 saturated carbocycles. The van der Waals surface area contributed by atoms with Crippen LogP contribution in [0, 0.1) is 11.3 Å². The second-order valence-electron chi connectivity index (χ2n) is 5.74. The maximum atomic E-state index is 5.87. The highest BCUT2D eigenvalue weighted by Crippen LogP contribution is 2.26. The van der Waals surface area contributed by atoms with E-state index in [1.54, 1.807) is 0 Å². The number of halogens is 1. The lowest BCUT2D eigenvalue weighted by molar-refractivity contribution is 0.282. The Morgan fingerprint density at radius 3 is 2.38 bits per heavy atom. The monoisotopic (exact) mass is 244 g/mol. The van der Waals surface area contributed by atoms with Gasteiger partial charge >= 0.3 is 0 Å². The van der Waals surface area contributed by atoms with E-state index in [4.69, 9.17) is 16.1 Å². The van der Waals surface area contributed by atoms with Crippen LogP contribution in [0.1, 0.15) is 58.1 Å². The second-order valence-corrected chi connectivity index (χ2v) is 6.39. The first-order chi connectivity index (χ1) is 7.28. The summed E-state index contributed by atoms with van der Waals surface area (Å²) in [6, 6.07) is 0. The molecule has 1 aromatic heterocycles. The Bertz CT molecular complexity index is 328. The van der Waals surface area contributed by atoms with E-state index in [2.05, 4.69) is 37.8 Å². The van der Waals surface area contributed by atoms with E-state index in [1.807, 2.05) is 6.92 Å². The standard InChI is InChI=1S/C12H21ClN2O/c1-8(7-12(3,4)5)6-10-14-11(9(2)13)15-16-10/h8-9H,6-7H2,1-5H3. The molecule has 4 heteroatoms. The van der Waals surface area contributed by atoms with Gasteiger partial charge in [0, 0.05) is 6.42 Å². The van der Waals surface area contributed by atoms with Gasteiger partial charge in [-0.3, -0.25) is 0 Å². The van der Waals surface area contributed by atoms with Crippen molar-refractivity contribution in [1.29, 1.82) is 0 Å². The first-order valence-electron chi connectivity index (χ1n) is 5.74. The lowest BCUT2D eigenvalue weighted by atomic mass is 9.84. The maximum Gasteiger partial charge on any atom is 0.226 e. The Kier molecular flexibility index (Phi) is 4.36. The smallest absolute Gasteiger partial charge is 0.226 e. The van der Waals surface area contributed by atoms with E-state index in [1.165, 1.54) is 0 Å². The molecule has 92 valence electrons. The van der Waals surface area contributed by atoms with Gasteiger partial charge in [0.2, 0.25) is 5.89 Å². The summed E-state index contributed by atoms with van der Waals surface area (Å²) in [7, 11) is 0. The van der Waals surface area contributed by atoms with E-state index in [9.17, 15) is 0 Å². The minimum atomic E-state index is -0.185. The topological polar surface area (TPSA) is 38.9 Å². The molecule has 0 aliphatic heterocycles. The molecule has 0 amide bonds. The summed E-state index contributed by atoms with van der Waals surface area (Å²) in [6.07, 6.45) is 1.97. The predicted molar refractivity (Wildman–Crippen MR) is 65.5 cm³/mol. The number of hydrogen-bond donors (Lipinski definition) is 0. The van der Waals surface area contributed by atoms with Crippen molar-refractivity contribution in [3.05, 3.63) is 11.7 Å². The Balaban J connectivity index is 2.53. The molecule has 3 nitrogen and oxygen atoms in total. The van der Waals surface area contributed by atoms with Crippen LogP contribution in [0.15, 0.2) is 4.52 Å². The summed E-state index contributed by atoms with van der Waals surface area (Å²) in [5, 5.41) is 3.66. The molecule has 1 rings (SSSR count). The molecule has 0 N–H and O–H groups in total. The van der Waals surface area contributed by atoms with Gasteiger partial charge in [-0.15, -0.1) is 11.6 Å². The molecule has 16 heavy (non-hydrogen) atoms. The first-order valence-corrected chi connectivity index (χ1v) is 6.18. The Morgan fingerprint density at radius 1 is 1.31 bits per heavy atom. The SMILES string of the molecule is CC(Cc1nc(C(C)Cl)no1)CC(C)(C)C. The minimum absolute atomic E-state index is 0.185. The summed E-state index contributed by atoms with van der Waals surface area (Å²) in [5.74, 6) is 1.82. The average Bonchev–Trinajstić information content (AvgIpc) is 2.48. The van der Waals surface area contributed by atoms with E-state index in [0.29, 0.717) is 23.0 Å². The zero-order valence-corrected chi connectivity index (χ0v) is 11.5. The van der Waals surface area contributed by atoms with Crippen LogP contribution in [0.2, 0.25) is 0 Å². The van der Waals surface area contributed by atoms with Crippen LogP contribution >= 0.6 is 11.6 Å². The molecular formula is C12H21ClN2O. The van der Waals surface area contributed by atoms with Crippen molar-refractivity contribution in [1.82, 2.24) is 10.1 Å². The third-order valence-electron chi connectivity index (χ3n) is 2.32. The molecule has 0 saturated heterocycles. The van der Waals surface area contributed by atoms with E-state index in [0.717, 1.165) is 12.8 Å². The highest BCUT2D eigenvalue weighted by molar-refractivity contribution is 6.20. The van der Waals surface area contributed by atoms with Crippen molar-refractivity contribution in [2.45, 2.75) is 52.8 Å². The highest BCUT2D eigenvalue weighted by atomic mass is 35.5. The number of hydrogen-bond acceptors (Lipinski definition) is 3. The summed E-state index contributed by atoms with van der Waals surface area (Å²) >= 11 is 5.87. The number of rotatable bonds is 4. The summed E-state index contributed by atoms with van der Waals surface area (Å²) in [6.45, 7) is 10.8. The van der Waals surface area contributed by atoms with E-state index < -0.39 is 0 Å². The van der Waals surface area contributed by atoms with Gasteiger partial charge < -0.3 is 4.52 Å². The highest BCUT2D eigenvalue weighted by Gasteiger charge is 2.18. The zero-order valence-electron chi connectivity index (χ0n) is 10.7. The van der Waals surface area contributed by atoms with Crippen LogP contribution in [0.25, 0.3) is 0 Å². The quantitative estimate of drug-likeness (QED) is 0.752. The fourth-order valence-corrected chi connectivity index (χ4v) is 2.02. The second kappa shape index (κ2) is 5.17. The van der Waals surface area contributed by atoms with Crippen LogP contribution in [0.3, 0.4) is 0 Å². The molecule has 1 aromatic rings. The molecule has 0 bridgehead atoms. The van der Waals surface area contributed by atoms with Crippen LogP contribution in [0.4, 0.5) is 0 Å². The van der Waals surface area contributed by atoms with E-state index >= 15 is 0 Å². The molecule has 2 unspecified atom stereocenters. The third kappa shape index (κ3) is 4.52. The molecule has 1 heterocycles. The summed E-state index contributed by atoms with van der Waals surface area (Å²) < 4.78 is 5.17. The lowest BCUT2D eigenvalue weighted by Crippen LogP contribution is -2.12. The number of aromatic nitrogens is 2. The maximum absolute atomic E-state index is 5.87. The minimum Gasteiger partial charge on any atom is -0.339 e. The fourth-order valence-electron chi connectivity index (χ4n) is 1.93. The van der Waals surface area contributed by atoms with Crippen molar-refractivity contribution in [2.75, 3.05) is 0 Å². The van der Waals surface area contributed by atoms with Crippen LogP contribution < -0.4 is 0 Å². The Morgan fingerprint density at radius 2 is 1.94 bits per heavy atom. The Labute approximate surface area is 103 Å². The molecule has 0 spiro atoms. The van der Waals surface area contributed by atoms with Gasteiger partial charge in [0.25, 0.3) is 0 Å². The van der Waals surface area contributed by atoms with Crippen molar-refractivity contribution < 1.29 is 4.52 Å². The van der Waals surface area contributed by atoms with Gasteiger partial charge in [-0.1, -0.05) is 32.9 Å². The van der Waals surface area contributed by atoms with Gasteiger partial charge in [-0.05, 0) is 24.7 Å². The lowest BCUT2D eigenvalue weighted by Gasteiger charge is -2.22. The van der Waals surface area contributed by atoms with Crippen LogP contribution in [-0.4, -0.2) is 10.1 Å². The fraction of sp³-hybridized carbons (Fsp3) is 0.833. The van der Waals surface area contributed by atoms with Crippen LogP contribution in [-0.2, 0) is 6.42 Å². The van der Waals surface area contributed by atoms with Gasteiger partial charge in [-0.25, -0.2) is 0 Å². The normalized spacial score (nSPS) is 16.1. The summed E-state index contributed by atoms with van der Waals surface area (Å²) in [4.78, 5) is 4.27. The first kappa shape index (κ1) is 13.5. The summed E-state index contributed by atoms with van der Waals surface area (Å²) in [5.41, 5.74) is 0.335. The van der Waals surface area contributed by atoms with Gasteiger partial charge in [0.15, 0.2) is 5.82 Å². The third-order valence-corrected chi connectivity index (χ3v) is 2.52. The van der Waals surface area contributed by atoms with Gasteiger partial charge in [0.05, 0.1) is 5.38 Å². The van der Waals surface area contributed by atoms with E-state index in [-0.39, 0.29) is 5.38 Å². The zero-order chi connectivity index (χ0) is 12.3. The molecular weight excluding hydrogens is 224 g/mol.